The number of benzene rings is 1. The van der Waals surface area contributed by atoms with E-state index in [2.05, 4.69) is 0 Å². The summed E-state index contributed by atoms with van der Waals surface area (Å²) in [6.45, 7) is 1.91. The molecule has 1 aromatic carbocycles. The van der Waals surface area contributed by atoms with E-state index in [1.54, 1.807) is 50.2 Å². The Labute approximate surface area is 118 Å². The lowest BCUT2D eigenvalue weighted by atomic mass is 10.0. The summed E-state index contributed by atoms with van der Waals surface area (Å²) >= 11 is 0. The Morgan fingerprint density at radius 2 is 2.00 bits per heavy atom. The van der Waals surface area contributed by atoms with Crippen molar-refractivity contribution in [1.29, 1.82) is 0 Å². The lowest BCUT2D eigenvalue weighted by Gasteiger charge is -2.11. The molecule has 0 spiro atoms. The highest BCUT2D eigenvalue weighted by Gasteiger charge is 2.21. The molecule has 20 heavy (non-hydrogen) atoms. The minimum atomic E-state index is -0.631. The van der Waals surface area contributed by atoms with Crippen LogP contribution < -0.4 is 4.74 Å². The molecule has 1 aromatic rings. The SMILES string of the molecule is CCOC(=O)/C(=C\N(C)C)C(=O)c1cccc(OC)c1. The number of Topliss-reactive ketones (excluding diaryl/α,β-unsaturated/α-hetero) is 1. The van der Waals surface area contributed by atoms with Crippen molar-refractivity contribution in [2.24, 2.45) is 0 Å². The van der Waals surface area contributed by atoms with Crippen LogP contribution in [0.2, 0.25) is 0 Å². The van der Waals surface area contributed by atoms with E-state index in [-0.39, 0.29) is 12.2 Å². The van der Waals surface area contributed by atoms with Gasteiger partial charge < -0.3 is 14.4 Å². The first-order valence-corrected chi connectivity index (χ1v) is 6.23. The molecule has 0 atom stereocenters. The molecule has 5 heteroatoms. The largest absolute Gasteiger partial charge is 0.497 e. The van der Waals surface area contributed by atoms with Crippen molar-refractivity contribution in [2.75, 3.05) is 27.8 Å². The predicted molar refractivity (Wildman–Crippen MR) is 75.7 cm³/mol. The van der Waals surface area contributed by atoms with E-state index in [4.69, 9.17) is 9.47 Å². The summed E-state index contributed by atoms with van der Waals surface area (Å²) in [7, 11) is 4.99. The Bertz CT molecular complexity index is 520. The number of hydrogen-bond donors (Lipinski definition) is 0. The Morgan fingerprint density at radius 3 is 2.55 bits per heavy atom. The summed E-state index contributed by atoms with van der Waals surface area (Å²) in [5.74, 6) is -0.464. The van der Waals surface area contributed by atoms with Gasteiger partial charge in [-0.2, -0.15) is 0 Å². The van der Waals surface area contributed by atoms with Gasteiger partial charge in [0.25, 0.3) is 0 Å². The maximum Gasteiger partial charge on any atom is 0.343 e. The fourth-order valence-electron chi connectivity index (χ4n) is 1.59. The first-order valence-electron chi connectivity index (χ1n) is 6.23. The smallest absolute Gasteiger partial charge is 0.343 e. The summed E-state index contributed by atoms with van der Waals surface area (Å²) in [6.07, 6.45) is 1.46. The predicted octanol–water partition coefficient (Wildman–Crippen LogP) is 1.89. The zero-order valence-electron chi connectivity index (χ0n) is 12.2. The fraction of sp³-hybridized carbons (Fsp3) is 0.333. The number of ether oxygens (including phenoxy) is 2. The fourth-order valence-corrected chi connectivity index (χ4v) is 1.59. The molecule has 0 heterocycles. The van der Waals surface area contributed by atoms with E-state index in [0.717, 1.165) is 0 Å². The van der Waals surface area contributed by atoms with Gasteiger partial charge in [-0.1, -0.05) is 12.1 Å². The van der Waals surface area contributed by atoms with Gasteiger partial charge in [-0.15, -0.1) is 0 Å². The molecule has 0 radical (unpaired) electrons. The van der Waals surface area contributed by atoms with Crippen LogP contribution in [0, 0.1) is 0 Å². The Kier molecular flexibility index (Phi) is 5.77. The van der Waals surface area contributed by atoms with Crippen LogP contribution in [-0.2, 0) is 9.53 Å². The zero-order valence-corrected chi connectivity index (χ0v) is 12.2. The van der Waals surface area contributed by atoms with Crippen LogP contribution >= 0.6 is 0 Å². The zero-order chi connectivity index (χ0) is 15.1. The maximum atomic E-state index is 12.4. The number of nitrogens with zero attached hydrogens (tertiary/aromatic N) is 1. The van der Waals surface area contributed by atoms with Crippen LogP contribution in [-0.4, -0.2) is 44.5 Å². The van der Waals surface area contributed by atoms with Gasteiger partial charge in [0, 0.05) is 25.9 Å². The summed E-state index contributed by atoms with van der Waals surface area (Å²) in [5, 5.41) is 0. The van der Waals surface area contributed by atoms with Crippen molar-refractivity contribution >= 4 is 11.8 Å². The van der Waals surface area contributed by atoms with Crippen LogP contribution in [0.15, 0.2) is 36.0 Å². The minimum absolute atomic E-state index is 0.00916. The van der Waals surface area contributed by atoms with Crippen molar-refractivity contribution in [1.82, 2.24) is 4.90 Å². The molecule has 0 aromatic heterocycles. The van der Waals surface area contributed by atoms with E-state index in [1.165, 1.54) is 13.3 Å². The molecule has 0 amide bonds. The number of methoxy groups -OCH3 is 1. The third-order valence-electron chi connectivity index (χ3n) is 2.46. The summed E-state index contributed by atoms with van der Waals surface area (Å²) in [4.78, 5) is 25.9. The molecule has 0 saturated heterocycles. The lowest BCUT2D eigenvalue weighted by Crippen LogP contribution is -2.19. The van der Waals surface area contributed by atoms with Crippen LogP contribution in [0.3, 0.4) is 0 Å². The quantitative estimate of drug-likeness (QED) is 0.261. The van der Waals surface area contributed by atoms with E-state index >= 15 is 0 Å². The van der Waals surface area contributed by atoms with Gasteiger partial charge in [0.2, 0.25) is 5.78 Å². The topological polar surface area (TPSA) is 55.8 Å². The van der Waals surface area contributed by atoms with Gasteiger partial charge in [-0.3, -0.25) is 4.79 Å². The molecule has 1 rings (SSSR count). The number of esters is 1. The normalized spacial score (nSPS) is 10.9. The molecular weight excluding hydrogens is 258 g/mol. The van der Waals surface area contributed by atoms with Crippen molar-refractivity contribution in [3.8, 4) is 5.75 Å². The van der Waals surface area contributed by atoms with Gasteiger partial charge in [0.15, 0.2) is 0 Å². The second-order valence-corrected chi connectivity index (χ2v) is 4.29. The van der Waals surface area contributed by atoms with Crippen molar-refractivity contribution in [3.63, 3.8) is 0 Å². The number of ketones is 1. The number of carbonyl (C=O) groups is 2. The van der Waals surface area contributed by atoms with Gasteiger partial charge in [0.05, 0.1) is 13.7 Å². The first kappa shape index (κ1) is 15.8. The van der Waals surface area contributed by atoms with Crippen LogP contribution in [0.1, 0.15) is 17.3 Å². The molecule has 0 aliphatic rings. The summed E-state index contributed by atoms with van der Waals surface area (Å²) in [6, 6.07) is 6.65. The average Bonchev–Trinajstić information content (AvgIpc) is 2.44. The van der Waals surface area contributed by atoms with Crippen LogP contribution in [0.4, 0.5) is 0 Å². The second kappa shape index (κ2) is 7.33. The van der Waals surface area contributed by atoms with E-state index in [0.29, 0.717) is 11.3 Å². The van der Waals surface area contributed by atoms with Gasteiger partial charge in [0.1, 0.15) is 11.3 Å². The molecule has 108 valence electrons. The summed E-state index contributed by atoms with van der Waals surface area (Å²) < 4.78 is 9.99. The highest BCUT2D eigenvalue weighted by Crippen LogP contribution is 2.17. The number of hydrogen-bond acceptors (Lipinski definition) is 5. The summed E-state index contributed by atoms with van der Waals surface area (Å²) in [5.41, 5.74) is 0.371. The molecule has 0 aliphatic carbocycles. The Hall–Kier alpha value is -2.30. The lowest BCUT2D eigenvalue weighted by molar-refractivity contribution is -0.138. The molecule has 0 saturated carbocycles. The highest BCUT2D eigenvalue weighted by atomic mass is 16.5. The molecule has 0 bridgehead atoms. The van der Waals surface area contributed by atoms with E-state index < -0.39 is 11.8 Å². The minimum Gasteiger partial charge on any atom is -0.497 e. The van der Waals surface area contributed by atoms with E-state index in [9.17, 15) is 9.59 Å². The number of carbonyl (C=O) groups excluding carboxylic acids is 2. The molecule has 0 fully saturated rings. The first-order chi connectivity index (χ1) is 9.49. The molecule has 0 unspecified atom stereocenters. The maximum absolute atomic E-state index is 12.4. The van der Waals surface area contributed by atoms with E-state index in [1.807, 2.05) is 0 Å². The molecule has 5 nitrogen and oxygen atoms in total. The van der Waals surface area contributed by atoms with Crippen LogP contribution in [0.5, 0.6) is 5.75 Å². The Balaban J connectivity index is 3.13. The van der Waals surface area contributed by atoms with Crippen molar-refractivity contribution in [2.45, 2.75) is 6.92 Å². The standard InChI is InChI=1S/C15H19NO4/c1-5-20-15(18)13(10-16(2)3)14(17)11-7-6-8-12(9-11)19-4/h6-10H,5H2,1-4H3/b13-10-. The third kappa shape index (κ3) is 4.12. The van der Waals surface area contributed by atoms with Crippen LogP contribution in [0.25, 0.3) is 0 Å². The molecule has 0 N–H and O–H groups in total. The van der Waals surface area contributed by atoms with Gasteiger partial charge >= 0.3 is 5.97 Å². The third-order valence-corrected chi connectivity index (χ3v) is 2.46. The second-order valence-electron chi connectivity index (χ2n) is 4.29. The highest BCUT2D eigenvalue weighted by molar-refractivity contribution is 6.24. The van der Waals surface area contributed by atoms with Crippen molar-refractivity contribution < 1.29 is 19.1 Å². The number of rotatable bonds is 6. The van der Waals surface area contributed by atoms with Gasteiger partial charge in [-0.05, 0) is 19.1 Å². The Morgan fingerprint density at radius 1 is 1.30 bits per heavy atom. The van der Waals surface area contributed by atoms with Gasteiger partial charge in [-0.25, -0.2) is 4.79 Å². The molecule has 0 aliphatic heterocycles. The van der Waals surface area contributed by atoms with Crippen molar-refractivity contribution in [3.05, 3.63) is 41.6 Å². The average molecular weight is 277 g/mol. The monoisotopic (exact) mass is 277 g/mol. The molecular formula is C15H19NO4.